The minimum Gasteiger partial charge on any atom is -0.405 e. The standard InChI is InChI=1S/C21H14F3N3O2/c22-21(23,24)29-18-10-4-2-8-15(18)20(28)26-16-9-3-1-7-14(16)17-13-27-12-6-5-11-19(27)25-17/h1-13H,(H,26,28). The van der Waals surface area contributed by atoms with Gasteiger partial charge in [-0.2, -0.15) is 0 Å². The summed E-state index contributed by atoms with van der Waals surface area (Å²) in [7, 11) is 0. The van der Waals surface area contributed by atoms with Crippen LogP contribution >= 0.6 is 0 Å². The van der Waals surface area contributed by atoms with Crippen LogP contribution in [0.25, 0.3) is 16.9 Å². The number of pyridine rings is 1. The number of fused-ring (bicyclic) bond motifs is 1. The maximum absolute atomic E-state index is 12.7. The molecule has 29 heavy (non-hydrogen) atoms. The number of anilines is 1. The molecule has 0 atom stereocenters. The quantitative estimate of drug-likeness (QED) is 0.518. The summed E-state index contributed by atoms with van der Waals surface area (Å²) in [5.74, 6) is -1.29. The lowest BCUT2D eigenvalue weighted by atomic mass is 10.1. The second-order valence-corrected chi connectivity index (χ2v) is 6.14. The third-order valence-electron chi connectivity index (χ3n) is 4.17. The highest BCUT2D eigenvalue weighted by molar-refractivity contribution is 6.07. The zero-order valence-electron chi connectivity index (χ0n) is 14.9. The van der Waals surface area contributed by atoms with Crippen molar-refractivity contribution < 1.29 is 22.7 Å². The second-order valence-electron chi connectivity index (χ2n) is 6.14. The maximum Gasteiger partial charge on any atom is 0.573 e. The zero-order chi connectivity index (χ0) is 20.4. The molecule has 0 bridgehead atoms. The Bertz CT molecular complexity index is 1150. The molecule has 5 nitrogen and oxygen atoms in total. The molecule has 0 aliphatic rings. The van der Waals surface area contributed by atoms with Crippen LogP contribution in [0.3, 0.4) is 0 Å². The first kappa shape index (κ1) is 18.5. The molecular formula is C21H14F3N3O2. The van der Waals surface area contributed by atoms with E-state index in [1.54, 1.807) is 30.5 Å². The summed E-state index contributed by atoms with van der Waals surface area (Å²) in [5.41, 5.74) is 2.18. The number of amides is 1. The summed E-state index contributed by atoms with van der Waals surface area (Å²) in [6.45, 7) is 0. The van der Waals surface area contributed by atoms with E-state index in [0.29, 0.717) is 16.9 Å². The molecule has 0 fully saturated rings. The lowest BCUT2D eigenvalue weighted by molar-refractivity contribution is -0.274. The molecule has 1 N–H and O–H groups in total. The highest BCUT2D eigenvalue weighted by Crippen LogP contribution is 2.30. The van der Waals surface area contributed by atoms with Crippen molar-refractivity contribution in [2.24, 2.45) is 0 Å². The summed E-state index contributed by atoms with van der Waals surface area (Å²) in [6, 6.07) is 17.7. The van der Waals surface area contributed by atoms with E-state index < -0.39 is 18.0 Å². The Morgan fingerprint density at radius 1 is 0.966 bits per heavy atom. The van der Waals surface area contributed by atoms with Crippen LogP contribution < -0.4 is 10.1 Å². The number of carbonyl (C=O) groups excluding carboxylic acids is 1. The molecule has 2 aromatic heterocycles. The molecule has 0 unspecified atom stereocenters. The number of nitrogens with zero attached hydrogens (tertiary/aromatic N) is 2. The summed E-state index contributed by atoms with van der Waals surface area (Å²) < 4.78 is 43.7. The molecule has 1 amide bonds. The van der Waals surface area contributed by atoms with E-state index in [1.807, 2.05) is 28.8 Å². The van der Waals surface area contributed by atoms with Crippen molar-refractivity contribution in [2.75, 3.05) is 5.32 Å². The number of imidazole rings is 1. The Balaban J connectivity index is 1.67. The minimum atomic E-state index is -4.90. The van der Waals surface area contributed by atoms with Crippen molar-refractivity contribution in [3.8, 4) is 17.0 Å². The number of carbonyl (C=O) groups is 1. The van der Waals surface area contributed by atoms with Gasteiger partial charge < -0.3 is 14.5 Å². The Morgan fingerprint density at radius 3 is 2.48 bits per heavy atom. The van der Waals surface area contributed by atoms with Gasteiger partial charge in [0.05, 0.1) is 16.9 Å². The number of aromatic nitrogens is 2. The van der Waals surface area contributed by atoms with Crippen LogP contribution in [0, 0.1) is 0 Å². The van der Waals surface area contributed by atoms with Crippen LogP contribution in [0.4, 0.5) is 18.9 Å². The number of hydrogen-bond donors (Lipinski definition) is 1. The third-order valence-corrected chi connectivity index (χ3v) is 4.17. The molecule has 8 heteroatoms. The van der Waals surface area contributed by atoms with Gasteiger partial charge in [-0.05, 0) is 30.3 Å². The van der Waals surface area contributed by atoms with Crippen molar-refractivity contribution in [3.63, 3.8) is 0 Å². The Hall–Kier alpha value is -3.81. The zero-order valence-corrected chi connectivity index (χ0v) is 14.9. The summed E-state index contributed by atoms with van der Waals surface area (Å²) in [6.07, 6.45) is -1.25. The lowest BCUT2D eigenvalue weighted by Crippen LogP contribution is -2.21. The van der Waals surface area contributed by atoms with Gasteiger partial charge in [0.1, 0.15) is 11.4 Å². The van der Waals surface area contributed by atoms with Crippen molar-refractivity contribution >= 4 is 17.2 Å². The number of alkyl halides is 3. The topological polar surface area (TPSA) is 55.6 Å². The van der Waals surface area contributed by atoms with Gasteiger partial charge in [0.25, 0.3) is 5.91 Å². The predicted molar refractivity (Wildman–Crippen MR) is 102 cm³/mol. The van der Waals surface area contributed by atoms with Crippen LogP contribution in [0.5, 0.6) is 5.75 Å². The van der Waals surface area contributed by atoms with E-state index in [-0.39, 0.29) is 5.56 Å². The van der Waals surface area contributed by atoms with Gasteiger partial charge >= 0.3 is 6.36 Å². The van der Waals surface area contributed by atoms with E-state index in [4.69, 9.17) is 0 Å². The molecule has 4 aromatic rings. The van der Waals surface area contributed by atoms with Gasteiger partial charge in [-0.3, -0.25) is 4.79 Å². The number of para-hydroxylation sites is 2. The molecule has 0 aliphatic carbocycles. The van der Waals surface area contributed by atoms with Gasteiger partial charge in [0.2, 0.25) is 0 Å². The van der Waals surface area contributed by atoms with Gasteiger partial charge in [-0.1, -0.05) is 36.4 Å². The summed E-state index contributed by atoms with van der Waals surface area (Å²) >= 11 is 0. The monoisotopic (exact) mass is 397 g/mol. The van der Waals surface area contributed by atoms with Gasteiger partial charge in [0.15, 0.2) is 0 Å². The van der Waals surface area contributed by atoms with Crippen LogP contribution in [-0.4, -0.2) is 21.7 Å². The van der Waals surface area contributed by atoms with Crippen LogP contribution in [0.1, 0.15) is 10.4 Å². The van der Waals surface area contributed by atoms with Crippen LogP contribution in [0.15, 0.2) is 79.1 Å². The maximum atomic E-state index is 12.7. The number of rotatable bonds is 4. The van der Waals surface area contributed by atoms with E-state index >= 15 is 0 Å². The first-order chi connectivity index (χ1) is 13.9. The number of ether oxygens (including phenoxy) is 1. The minimum absolute atomic E-state index is 0.227. The fourth-order valence-electron chi connectivity index (χ4n) is 2.94. The molecule has 0 saturated heterocycles. The number of hydrogen-bond acceptors (Lipinski definition) is 3. The number of nitrogens with one attached hydrogen (secondary N) is 1. The summed E-state index contributed by atoms with van der Waals surface area (Å²) in [5, 5.41) is 2.66. The predicted octanol–water partition coefficient (Wildman–Crippen LogP) is 5.15. The molecule has 0 aliphatic heterocycles. The Kier molecular flexibility index (Phi) is 4.67. The first-order valence-electron chi connectivity index (χ1n) is 8.60. The molecule has 4 rings (SSSR count). The number of halogens is 3. The molecule has 0 saturated carbocycles. The molecule has 146 valence electrons. The first-order valence-corrected chi connectivity index (χ1v) is 8.60. The largest absolute Gasteiger partial charge is 0.573 e. The van der Waals surface area contributed by atoms with Gasteiger partial charge in [-0.15, -0.1) is 13.2 Å². The van der Waals surface area contributed by atoms with Crippen LogP contribution in [-0.2, 0) is 0 Å². The fourth-order valence-corrected chi connectivity index (χ4v) is 2.94. The third kappa shape index (κ3) is 4.06. The Labute approximate surface area is 163 Å². The average molecular weight is 397 g/mol. The van der Waals surface area contributed by atoms with Crippen molar-refractivity contribution in [2.45, 2.75) is 6.36 Å². The molecule has 0 radical (unpaired) electrons. The van der Waals surface area contributed by atoms with Gasteiger partial charge in [0, 0.05) is 18.0 Å². The highest BCUT2D eigenvalue weighted by atomic mass is 19.4. The lowest BCUT2D eigenvalue weighted by Gasteiger charge is -2.14. The van der Waals surface area contributed by atoms with Crippen LogP contribution in [0.2, 0.25) is 0 Å². The fraction of sp³-hybridized carbons (Fsp3) is 0.0476. The van der Waals surface area contributed by atoms with Crippen molar-refractivity contribution in [1.29, 1.82) is 0 Å². The van der Waals surface area contributed by atoms with Crippen molar-refractivity contribution in [3.05, 3.63) is 84.7 Å². The normalized spacial score (nSPS) is 11.4. The van der Waals surface area contributed by atoms with E-state index in [2.05, 4.69) is 15.0 Å². The second kappa shape index (κ2) is 7.31. The van der Waals surface area contributed by atoms with E-state index in [0.717, 1.165) is 11.7 Å². The molecule has 2 aromatic carbocycles. The van der Waals surface area contributed by atoms with Crippen molar-refractivity contribution in [1.82, 2.24) is 9.38 Å². The molecule has 2 heterocycles. The Morgan fingerprint density at radius 2 is 1.69 bits per heavy atom. The molecule has 0 spiro atoms. The SMILES string of the molecule is O=C(Nc1ccccc1-c1cn2ccccc2n1)c1ccccc1OC(F)(F)F. The van der Waals surface area contributed by atoms with E-state index in [1.165, 1.54) is 18.2 Å². The van der Waals surface area contributed by atoms with Gasteiger partial charge in [-0.25, -0.2) is 4.98 Å². The molecular weight excluding hydrogens is 383 g/mol. The highest BCUT2D eigenvalue weighted by Gasteiger charge is 2.33. The number of benzene rings is 2. The average Bonchev–Trinajstić information content (AvgIpc) is 3.11. The smallest absolute Gasteiger partial charge is 0.405 e. The van der Waals surface area contributed by atoms with E-state index in [9.17, 15) is 18.0 Å². The summed E-state index contributed by atoms with van der Waals surface area (Å²) in [4.78, 5) is 17.2.